The number of hydrogen-bond donors (Lipinski definition) is 1. The van der Waals surface area contributed by atoms with E-state index in [1.165, 1.54) is 0 Å². The number of rotatable bonds is 2. The van der Waals surface area contributed by atoms with Crippen molar-refractivity contribution in [1.82, 2.24) is 4.98 Å². The molecule has 1 heterocycles. The molecule has 0 aromatic carbocycles. The van der Waals surface area contributed by atoms with E-state index in [0.717, 1.165) is 18.3 Å². The van der Waals surface area contributed by atoms with Crippen molar-refractivity contribution in [2.75, 3.05) is 0 Å². The van der Waals surface area contributed by atoms with Crippen molar-refractivity contribution in [3.05, 3.63) is 22.5 Å². The van der Waals surface area contributed by atoms with Gasteiger partial charge in [-0.2, -0.15) is 0 Å². The molecule has 0 atom stereocenters. The van der Waals surface area contributed by atoms with Gasteiger partial charge in [-0.15, -0.1) is 0 Å². The number of H-pyrrole nitrogens is 1. The number of carbonyl (C=O) groups excluding carboxylic acids is 1. The van der Waals surface area contributed by atoms with Gasteiger partial charge in [-0.05, 0) is 18.1 Å². The van der Waals surface area contributed by atoms with Crippen LogP contribution in [0.4, 0.5) is 0 Å². The first-order valence-electron chi connectivity index (χ1n) is 3.10. The Hall–Kier alpha value is -0.760. The third-order valence-electron chi connectivity index (χ3n) is 1.37. The Labute approximate surface area is 64.2 Å². The minimum Gasteiger partial charge on any atom is -0.343 e. The number of aromatic amines is 1. The van der Waals surface area contributed by atoms with E-state index in [4.69, 9.17) is 11.6 Å². The summed E-state index contributed by atoms with van der Waals surface area (Å²) in [5.41, 5.74) is 1.53. The van der Waals surface area contributed by atoms with Crippen LogP contribution in [0.5, 0.6) is 0 Å². The molecule has 1 aromatic rings. The summed E-state index contributed by atoms with van der Waals surface area (Å²) in [6.07, 6.45) is 1.61. The van der Waals surface area contributed by atoms with Gasteiger partial charge in [0.1, 0.15) is 5.15 Å². The number of halogens is 1. The Bertz CT molecular complexity index is 242. The summed E-state index contributed by atoms with van der Waals surface area (Å²) in [6, 6.07) is 1.76. The van der Waals surface area contributed by atoms with Crippen LogP contribution in [-0.4, -0.2) is 11.3 Å². The zero-order valence-electron chi connectivity index (χ0n) is 5.65. The first-order chi connectivity index (χ1) is 4.77. The van der Waals surface area contributed by atoms with Gasteiger partial charge >= 0.3 is 0 Å². The van der Waals surface area contributed by atoms with Crippen LogP contribution >= 0.6 is 11.6 Å². The predicted molar refractivity (Wildman–Crippen MR) is 40.6 cm³/mol. The Morgan fingerprint density at radius 1 is 1.80 bits per heavy atom. The molecule has 0 aliphatic heterocycles. The lowest BCUT2D eigenvalue weighted by Gasteiger charge is -1.85. The van der Waals surface area contributed by atoms with Crippen LogP contribution in [0.25, 0.3) is 0 Å². The average molecular weight is 158 g/mol. The van der Waals surface area contributed by atoms with Crippen molar-refractivity contribution in [3.8, 4) is 0 Å². The number of nitrogens with one attached hydrogen (secondary N) is 1. The van der Waals surface area contributed by atoms with Gasteiger partial charge < -0.3 is 4.98 Å². The summed E-state index contributed by atoms with van der Waals surface area (Å²) < 4.78 is 0. The van der Waals surface area contributed by atoms with Crippen molar-refractivity contribution in [2.45, 2.75) is 13.3 Å². The zero-order chi connectivity index (χ0) is 7.56. The van der Waals surface area contributed by atoms with E-state index in [0.29, 0.717) is 10.8 Å². The second-order valence-electron chi connectivity index (χ2n) is 2.04. The molecule has 0 saturated carbocycles. The number of aryl methyl sites for hydroxylation is 1. The van der Waals surface area contributed by atoms with E-state index < -0.39 is 0 Å². The molecule has 0 unspecified atom stereocenters. The first-order valence-corrected chi connectivity index (χ1v) is 3.48. The van der Waals surface area contributed by atoms with Crippen molar-refractivity contribution in [3.63, 3.8) is 0 Å². The third-order valence-corrected chi connectivity index (χ3v) is 1.71. The SMILES string of the molecule is CCc1cc(C=O)[nH]c1Cl. The van der Waals surface area contributed by atoms with E-state index in [-0.39, 0.29) is 0 Å². The van der Waals surface area contributed by atoms with Crippen LogP contribution in [0.15, 0.2) is 6.07 Å². The molecule has 1 aromatic heterocycles. The summed E-state index contributed by atoms with van der Waals surface area (Å²) in [4.78, 5) is 12.9. The minimum absolute atomic E-state index is 0.543. The molecule has 0 fully saturated rings. The lowest BCUT2D eigenvalue weighted by atomic mass is 10.2. The van der Waals surface area contributed by atoms with Gasteiger partial charge in [0.15, 0.2) is 6.29 Å². The van der Waals surface area contributed by atoms with Crippen LogP contribution in [0.3, 0.4) is 0 Å². The molecule has 2 nitrogen and oxygen atoms in total. The highest BCUT2D eigenvalue weighted by molar-refractivity contribution is 6.30. The third kappa shape index (κ3) is 1.21. The Morgan fingerprint density at radius 3 is 2.80 bits per heavy atom. The Kier molecular flexibility index (Phi) is 2.12. The lowest BCUT2D eigenvalue weighted by molar-refractivity contribution is 0.111. The van der Waals surface area contributed by atoms with Gasteiger partial charge in [-0.1, -0.05) is 18.5 Å². The summed E-state index contributed by atoms with van der Waals surface area (Å²) in [5, 5.41) is 0.574. The molecule has 1 N–H and O–H groups in total. The van der Waals surface area contributed by atoms with E-state index in [2.05, 4.69) is 4.98 Å². The van der Waals surface area contributed by atoms with Gasteiger partial charge in [-0.25, -0.2) is 0 Å². The summed E-state index contributed by atoms with van der Waals surface area (Å²) in [7, 11) is 0. The Morgan fingerprint density at radius 2 is 2.50 bits per heavy atom. The van der Waals surface area contributed by atoms with Gasteiger partial charge in [0.2, 0.25) is 0 Å². The number of carbonyl (C=O) groups is 1. The maximum atomic E-state index is 10.2. The van der Waals surface area contributed by atoms with Crippen molar-refractivity contribution < 1.29 is 4.79 Å². The van der Waals surface area contributed by atoms with Crippen molar-refractivity contribution in [1.29, 1.82) is 0 Å². The first kappa shape index (κ1) is 7.35. The van der Waals surface area contributed by atoms with Gasteiger partial charge in [0.05, 0.1) is 5.69 Å². The maximum absolute atomic E-state index is 10.2. The largest absolute Gasteiger partial charge is 0.343 e. The number of aldehydes is 1. The molecule has 0 aliphatic rings. The van der Waals surface area contributed by atoms with Crippen LogP contribution in [0.2, 0.25) is 5.15 Å². The number of aromatic nitrogens is 1. The molecule has 0 bridgehead atoms. The molecule has 0 saturated heterocycles. The van der Waals surface area contributed by atoms with E-state index in [1.54, 1.807) is 6.07 Å². The zero-order valence-corrected chi connectivity index (χ0v) is 6.40. The predicted octanol–water partition coefficient (Wildman–Crippen LogP) is 2.04. The molecule has 3 heteroatoms. The molecule has 10 heavy (non-hydrogen) atoms. The fourth-order valence-corrected chi connectivity index (χ4v) is 1.11. The minimum atomic E-state index is 0.543. The molecule has 0 radical (unpaired) electrons. The number of hydrogen-bond acceptors (Lipinski definition) is 1. The second-order valence-corrected chi connectivity index (χ2v) is 2.41. The molecule has 54 valence electrons. The fourth-order valence-electron chi connectivity index (χ4n) is 0.815. The highest BCUT2D eigenvalue weighted by Gasteiger charge is 2.01. The van der Waals surface area contributed by atoms with Crippen molar-refractivity contribution in [2.24, 2.45) is 0 Å². The highest BCUT2D eigenvalue weighted by Crippen LogP contribution is 2.15. The smallest absolute Gasteiger partial charge is 0.166 e. The molecule has 0 amide bonds. The average Bonchev–Trinajstić information content (AvgIpc) is 2.30. The van der Waals surface area contributed by atoms with E-state index in [1.807, 2.05) is 6.92 Å². The van der Waals surface area contributed by atoms with Crippen LogP contribution < -0.4 is 0 Å². The van der Waals surface area contributed by atoms with Crippen LogP contribution in [0.1, 0.15) is 23.0 Å². The molecule has 1 rings (SSSR count). The molecular formula is C7H8ClNO. The second kappa shape index (κ2) is 2.88. The summed E-state index contributed by atoms with van der Waals surface area (Å²) >= 11 is 5.71. The highest BCUT2D eigenvalue weighted by atomic mass is 35.5. The van der Waals surface area contributed by atoms with Gasteiger partial charge in [-0.3, -0.25) is 4.79 Å². The van der Waals surface area contributed by atoms with Gasteiger partial charge in [0, 0.05) is 0 Å². The summed E-state index contributed by atoms with van der Waals surface area (Å²) in [5.74, 6) is 0. The molecule has 0 aliphatic carbocycles. The van der Waals surface area contributed by atoms with Crippen LogP contribution in [0, 0.1) is 0 Å². The fraction of sp³-hybridized carbons (Fsp3) is 0.286. The van der Waals surface area contributed by atoms with Crippen molar-refractivity contribution >= 4 is 17.9 Å². The van der Waals surface area contributed by atoms with E-state index in [9.17, 15) is 4.79 Å². The van der Waals surface area contributed by atoms with Crippen LogP contribution in [-0.2, 0) is 6.42 Å². The molecule has 0 spiro atoms. The van der Waals surface area contributed by atoms with Gasteiger partial charge in [0.25, 0.3) is 0 Å². The summed E-state index contributed by atoms with van der Waals surface area (Å²) in [6.45, 7) is 1.99. The maximum Gasteiger partial charge on any atom is 0.166 e. The standard InChI is InChI=1S/C7H8ClNO/c1-2-5-3-6(4-10)9-7(5)8/h3-4,9H,2H2,1H3. The molecular weight excluding hydrogens is 150 g/mol. The normalized spacial score (nSPS) is 9.80. The quantitative estimate of drug-likeness (QED) is 0.655. The Balaban J connectivity index is 3.03. The lowest BCUT2D eigenvalue weighted by Crippen LogP contribution is -1.73. The topological polar surface area (TPSA) is 32.9 Å². The van der Waals surface area contributed by atoms with E-state index >= 15 is 0 Å². The monoisotopic (exact) mass is 157 g/mol.